The number of nitrogens with zero attached hydrogens (tertiary/aromatic N) is 5. The first-order chi connectivity index (χ1) is 12.1. The summed E-state index contributed by atoms with van der Waals surface area (Å²) < 4.78 is 5.01. The van der Waals surface area contributed by atoms with E-state index in [1.807, 2.05) is 6.92 Å². The third-order valence-electron chi connectivity index (χ3n) is 4.54. The van der Waals surface area contributed by atoms with Crippen LogP contribution < -0.4 is 4.90 Å². The monoisotopic (exact) mass is 347 g/mol. The molecule has 0 saturated carbocycles. The molecule has 0 radical (unpaired) electrons. The Kier molecular flexibility index (Phi) is 5.35. The van der Waals surface area contributed by atoms with Crippen molar-refractivity contribution in [3.05, 3.63) is 17.5 Å². The number of anilines is 1. The molecule has 0 spiro atoms. The third kappa shape index (κ3) is 4.00. The molecule has 0 N–H and O–H groups in total. The van der Waals surface area contributed by atoms with Crippen molar-refractivity contribution >= 4 is 17.9 Å². The molecule has 2 aliphatic rings. The van der Waals surface area contributed by atoms with E-state index in [9.17, 15) is 9.59 Å². The molecule has 0 aromatic carbocycles. The number of aromatic nitrogens is 2. The van der Waals surface area contributed by atoms with Crippen molar-refractivity contribution in [2.75, 3.05) is 50.8 Å². The van der Waals surface area contributed by atoms with Crippen molar-refractivity contribution in [3.8, 4) is 0 Å². The highest BCUT2D eigenvalue weighted by Gasteiger charge is 2.27. The molecular weight excluding hydrogens is 322 g/mol. The van der Waals surface area contributed by atoms with Crippen LogP contribution in [0.5, 0.6) is 0 Å². The lowest BCUT2D eigenvalue weighted by Gasteiger charge is -2.34. The second-order valence-corrected chi connectivity index (χ2v) is 6.37. The van der Waals surface area contributed by atoms with E-state index in [4.69, 9.17) is 4.74 Å². The maximum Gasteiger partial charge on any atom is 0.409 e. The van der Waals surface area contributed by atoms with Gasteiger partial charge in [-0.1, -0.05) is 0 Å². The highest BCUT2D eigenvalue weighted by molar-refractivity contribution is 5.93. The molecule has 0 unspecified atom stereocenters. The van der Waals surface area contributed by atoms with E-state index in [0.29, 0.717) is 44.4 Å². The highest BCUT2D eigenvalue weighted by atomic mass is 16.6. The van der Waals surface area contributed by atoms with Crippen molar-refractivity contribution in [2.45, 2.75) is 26.7 Å². The topological polar surface area (TPSA) is 78.9 Å². The zero-order chi connectivity index (χ0) is 17.8. The first kappa shape index (κ1) is 17.4. The fraction of sp³-hybridized carbons (Fsp3) is 0.647. The SMILES string of the molecule is CCOC(=O)N1CCN(C(=O)c2cc(C)nc(N3CCCC3)n2)CC1. The van der Waals surface area contributed by atoms with E-state index < -0.39 is 0 Å². The molecule has 3 heterocycles. The molecule has 8 nitrogen and oxygen atoms in total. The summed E-state index contributed by atoms with van der Waals surface area (Å²) in [6, 6.07) is 1.74. The van der Waals surface area contributed by atoms with Gasteiger partial charge >= 0.3 is 6.09 Å². The normalized spacial score (nSPS) is 17.8. The summed E-state index contributed by atoms with van der Waals surface area (Å²) >= 11 is 0. The Morgan fingerprint density at radius 1 is 1.04 bits per heavy atom. The second-order valence-electron chi connectivity index (χ2n) is 6.37. The summed E-state index contributed by atoms with van der Waals surface area (Å²) in [5, 5.41) is 0. The molecule has 0 aliphatic carbocycles. The van der Waals surface area contributed by atoms with Crippen molar-refractivity contribution in [3.63, 3.8) is 0 Å². The average Bonchev–Trinajstić information content (AvgIpc) is 3.15. The summed E-state index contributed by atoms with van der Waals surface area (Å²) in [5.74, 6) is 0.542. The zero-order valence-electron chi connectivity index (χ0n) is 14.9. The fourth-order valence-electron chi connectivity index (χ4n) is 3.19. The van der Waals surface area contributed by atoms with Gasteiger partial charge in [-0.25, -0.2) is 14.8 Å². The van der Waals surface area contributed by atoms with Crippen LogP contribution in [0.4, 0.5) is 10.7 Å². The van der Waals surface area contributed by atoms with Gasteiger partial charge in [0.15, 0.2) is 0 Å². The summed E-state index contributed by atoms with van der Waals surface area (Å²) in [5.41, 5.74) is 1.23. The standard InChI is InChI=1S/C17H25N5O3/c1-3-25-17(24)22-10-8-20(9-11-22)15(23)14-12-13(2)18-16(19-14)21-6-4-5-7-21/h12H,3-11H2,1-2H3. The van der Waals surface area contributed by atoms with Crippen LogP contribution >= 0.6 is 0 Å². The summed E-state index contributed by atoms with van der Waals surface area (Å²) in [7, 11) is 0. The van der Waals surface area contributed by atoms with Gasteiger partial charge < -0.3 is 19.4 Å². The number of carbonyl (C=O) groups excluding carboxylic acids is 2. The Morgan fingerprint density at radius 3 is 2.32 bits per heavy atom. The number of aryl methyl sites for hydroxylation is 1. The Hall–Kier alpha value is -2.38. The van der Waals surface area contributed by atoms with Gasteiger partial charge in [0.1, 0.15) is 5.69 Å². The summed E-state index contributed by atoms with van der Waals surface area (Å²) in [6.07, 6.45) is 1.95. The van der Waals surface area contributed by atoms with Crippen molar-refractivity contribution in [1.82, 2.24) is 19.8 Å². The number of ether oxygens (including phenoxy) is 1. The molecule has 0 bridgehead atoms. The predicted octanol–water partition coefficient (Wildman–Crippen LogP) is 1.30. The van der Waals surface area contributed by atoms with Gasteiger partial charge in [0.2, 0.25) is 5.95 Å². The maximum atomic E-state index is 12.8. The van der Waals surface area contributed by atoms with Crippen LogP contribution in [0.3, 0.4) is 0 Å². The Balaban J connectivity index is 1.66. The number of hydrogen-bond donors (Lipinski definition) is 0. The molecule has 25 heavy (non-hydrogen) atoms. The van der Waals surface area contributed by atoms with Gasteiger partial charge in [0, 0.05) is 45.0 Å². The van der Waals surface area contributed by atoms with Crippen LogP contribution in [0.1, 0.15) is 35.9 Å². The van der Waals surface area contributed by atoms with Gasteiger partial charge in [-0.3, -0.25) is 4.79 Å². The second kappa shape index (κ2) is 7.67. The molecule has 2 fully saturated rings. The highest BCUT2D eigenvalue weighted by Crippen LogP contribution is 2.18. The van der Waals surface area contributed by atoms with E-state index in [1.54, 1.807) is 22.8 Å². The Morgan fingerprint density at radius 2 is 1.68 bits per heavy atom. The lowest BCUT2D eigenvalue weighted by atomic mass is 10.2. The van der Waals surface area contributed by atoms with E-state index in [-0.39, 0.29) is 12.0 Å². The smallest absolute Gasteiger partial charge is 0.409 e. The number of hydrogen-bond acceptors (Lipinski definition) is 6. The first-order valence-electron chi connectivity index (χ1n) is 8.90. The molecule has 2 amide bonds. The average molecular weight is 347 g/mol. The van der Waals surface area contributed by atoms with Crippen LogP contribution in [0, 0.1) is 6.92 Å². The molecule has 2 aliphatic heterocycles. The lowest BCUT2D eigenvalue weighted by molar-refractivity contribution is 0.0566. The Labute approximate surface area is 147 Å². The number of carbonyl (C=O) groups is 2. The minimum absolute atomic E-state index is 0.102. The molecule has 8 heteroatoms. The van der Waals surface area contributed by atoms with Gasteiger partial charge in [0.05, 0.1) is 6.61 Å². The van der Waals surface area contributed by atoms with Crippen molar-refractivity contribution < 1.29 is 14.3 Å². The van der Waals surface area contributed by atoms with E-state index >= 15 is 0 Å². The molecule has 1 aromatic rings. The summed E-state index contributed by atoms with van der Waals surface area (Å²) in [4.78, 5) is 39.0. The van der Waals surface area contributed by atoms with Crippen molar-refractivity contribution in [1.29, 1.82) is 0 Å². The van der Waals surface area contributed by atoms with Crippen LogP contribution in [0.15, 0.2) is 6.07 Å². The fourth-order valence-corrected chi connectivity index (χ4v) is 3.19. The number of rotatable bonds is 3. The van der Waals surface area contributed by atoms with Gasteiger partial charge in [-0.15, -0.1) is 0 Å². The van der Waals surface area contributed by atoms with Gasteiger partial charge in [-0.2, -0.15) is 0 Å². The predicted molar refractivity (Wildman–Crippen MR) is 92.7 cm³/mol. The minimum Gasteiger partial charge on any atom is -0.450 e. The number of piperazine rings is 1. The largest absolute Gasteiger partial charge is 0.450 e. The Bertz CT molecular complexity index is 637. The summed E-state index contributed by atoms with van der Waals surface area (Å²) in [6.45, 7) is 7.84. The third-order valence-corrected chi connectivity index (χ3v) is 4.54. The van der Waals surface area contributed by atoms with E-state index in [1.165, 1.54) is 0 Å². The van der Waals surface area contributed by atoms with Crippen LogP contribution in [-0.2, 0) is 4.74 Å². The van der Waals surface area contributed by atoms with Crippen LogP contribution in [-0.4, -0.2) is 77.6 Å². The minimum atomic E-state index is -0.316. The molecule has 1 aromatic heterocycles. The lowest BCUT2D eigenvalue weighted by Crippen LogP contribution is -2.50. The first-order valence-corrected chi connectivity index (χ1v) is 8.90. The van der Waals surface area contributed by atoms with Gasteiger partial charge in [0.25, 0.3) is 5.91 Å². The molecule has 0 atom stereocenters. The van der Waals surface area contributed by atoms with E-state index in [2.05, 4.69) is 14.9 Å². The molecule has 3 rings (SSSR count). The zero-order valence-corrected chi connectivity index (χ0v) is 14.9. The maximum absolute atomic E-state index is 12.8. The number of amides is 2. The van der Waals surface area contributed by atoms with Gasteiger partial charge in [-0.05, 0) is 32.8 Å². The van der Waals surface area contributed by atoms with Crippen LogP contribution in [0.2, 0.25) is 0 Å². The molecule has 136 valence electrons. The van der Waals surface area contributed by atoms with E-state index in [0.717, 1.165) is 31.6 Å². The molecule has 2 saturated heterocycles. The quantitative estimate of drug-likeness (QED) is 0.820. The van der Waals surface area contributed by atoms with Crippen LogP contribution in [0.25, 0.3) is 0 Å². The molecular formula is C17H25N5O3. The van der Waals surface area contributed by atoms with Crippen molar-refractivity contribution in [2.24, 2.45) is 0 Å².